The van der Waals surface area contributed by atoms with Crippen molar-refractivity contribution in [1.29, 1.82) is 0 Å². The highest BCUT2D eigenvalue weighted by molar-refractivity contribution is 5.79. The van der Waals surface area contributed by atoms with Gasteiger partial charge in [0.1, 0.15) is 0 Å². The highest BCUT2D eigenvalue weighted by Crippen LogP contribution is 2.32. The van der Waals surface area contributed by atoms with E-state index >= 15 is 0 Å². The summed E-state index contributed by atoms with van der Waals surface area (Å²) in [5, 5.41) is 2.99. The number of nitrogens with one attached hydrogen (secondary N) is 1. The van der Waals surface area contributed by atoms with Gasteiger partial charge in [0.25, 0.3) is 0 Å². The number of nitrogens with zero attached hydrogens (tertiary/aromatic N) is 1. The lowest BCUT2D eigenvalue weighted by Gasteiger charge is -2.41. The van der Waals surface area contributed by atoms with E-state index in [2.05, 4.69) is 79.6 Å². The molecule has 0 aromatic rings. The van der Waals surface area contributed by atoms with Crippen LogP contribution >= 0.6 is 0 Å². The minimum atomic E-state index is 0.0103. The van der Waals surface area contributed by atoms with E-state index in [9.17, 15) is 9.59 Å². The van der Waals surface area contributed by atoms with Crippen molar-refractivity contribution in [3.63, 3.8) is 0 Å². The van der Waals surface area contributed by atoms with Gasteiger partial charge in [0, 0.05) is 56.3 Å². The van der Waals surface area contributed by atoms with Gasteiger partial charge < -0.3 is 15.0 Å². The molecule has 5 nitrogen and oxygen atoms in total. The molecule has 0 radical (unpaired) electrons. The van der Waals surface area contributed by atoms with Gasteiger partial charge in [-0.15, -0.1) is 0 Å². The average molecular weight is 455 g/mol. The topological polar surface area (TPSA) is 58.6 Å². The highest BCUT2D eigenvalue weighted by atomic mass is 16.5. The van der Waals surface area contributed by atoms with Crippen LogP contribution in [0.15, 0.2) is 48.6 Å². The van der Waals surface area contributed by atoms with E-state index in [4.69, 9.17) is 4.74 Å². The number of fused-ring (bicyclic) bond motifs is 2. The van der Waals surface area contributed by atoms with Crippen molar-refractivity contribution in [2.24, 2.45) is 29.6 Å². The van der Waals surface area contributed by atoms with E-state index in [-0.39, 0.29) is 29.7 Å². The Morgan fingerprint density at radius 3 is 2.67 bits per heavy atom. The Morgan fingerprint density at radius 1 is 1.09 bits per heavy atom. The molecule has 1 heterocycles. The third-order valence-corrected chi connectivity index (χ3v) is 7.14. The predicted octanol–water partition coefficient (Wildman–Crippen LogP) is 4.67. The van der Waals surface area contributed by atoms with Crippen LogP contribution in [0.25, 0.3) is 0 Å². The Labute approximate surface area is 200 Å². The minimum Gasteiger partial charge on any atom is -0.381 e. The fourth-order valence-corrected chi connectivity index (χ4v) is 4.99. The Kier molecular flexibility index (Phi) is 9.98. The zero-order chi connectivity index (χ0) is 23.6. The van der Waals surface area contributed by atoms with Gasteiger partial charge in [0.15, 0.2) is 0 Å². The number of hydrogen-bond acceptors (Lipinski definition) is 3. The molecule has 1 N–H and O–H groups in total. The number of carbonyl (C=O) groups excluding carboxylic acids is 2. The summed E-state index contributed by atoms with van der Waals surface area (Å²) in [7, 11) is 0. The van der Waals surface area contributed by atoms with Crippen LogP contribution in [0.5, 0.6) is 0 Å². The van der Waals surface area contributed by atoms with Gasteiger partial charge in [-0.05, 0) is 31.1 Å². The lowest BCUT2D eigenvalue weighted by Crippen LogP contribution is -2.49. The second-order valence-corrected chi connectivity index (χ2v) is 9.98. The summed E-state index contributed by atoms with van der Waals surface area (Å²) in [4.78, 5) is 28.0. The van der Waals surface area contributed by atoms with Gasteiger partial charge in [-0.3, -0.25) is 9.59 Å². The largest absolute Gasteiger partial charge is 0.381 e. The molecule has 33 heavy (non-hydrogen) atoms. The zero-order valence-corrected chi connectivity index (χ0v) is 20.6. The maximum Gasteiger partial charge on any atom is 0.224 e. The zero-order valence-electron chi connectivity index (χ0n) is 20.6. The molecule has 182 valence electrons. The van der Waals surface area contributed by atoms with Crippen molar-refractivity contribution >= 4 is 11.8 Å². The summed E-state index contributed by atoms with van der Waals surface area (Å²) in [6.07, 6.45) is 21.5. The molecule has 3 rings (SSSR count). The molecule has 0 saturated heterocycles. The molecule has 1 aliphatic heterocycles. The van der Waals surface area contributed by atoms with Crippen molar-refractivity contribution < 1.29 is 14.3 Å². The van der Waals surface area contributed by atoms with Crippen LogP contribution in [0.3, 0.4) is 0 Å². The molecule has 0 fully saturated rings. The predicted molar refractivity (Wildman–Crippen MR) is 133 cm³/mol. The summed E-state index contributed by atoms with van der Waals surface area (Å²) < 4.78 is 5.68. The fraction of sp³-hybridized carbons (Fsp3) is 0.643. The van der Waals surface area contributed by atoms with Gasteiger partial charge in [-0.2, -0.15) is 0 Å². The van der Waals surface area contributed by atoms with E-state index in [1.807, 2.05) is 0 Å². The minimum absolute atomic E-state index is 0.0103. The maximum atomic E-state index is 13.3. The second-order valence-electron chi connectivity index (χ2n) is 9.98. The van der Waals surface area contributed by atoms with Crippen LogP contribution in [0.4, 0.5) is 0 Å². The normalized spacial score (nSPS) is 27.9. The Bertz CT molecular complexity index is 767. The first-order valence-corrected chi connectivity index (χ1v) is 12.8. The smallest absolute Gasteiger partial charge is 0.224 e. The van der Waals surface area contributed by atoms with Crippen LogP contribution in [-0.4, -0.2) is 49.1 Å². The van der Waals surface area contributed by atoms with Crippen molar-refractivity contribution in [3.05, 3.63) is 48.6 Å². The molecule has 0 saturated carbocycles. The quantitative estimate of drug-likeness (QED) is 0.385. The molecular formula is C28H42N2O3. The first-order valence-electron chi connectivity index (χ1n) is 12.8. The number of hydrogen-bond donors (Lipinski definition) is 1. The van der Waals surface area contributed by atoms with Crippen molar-refractivity contribution in [3.8, 4) is 0 Å². The van der Waals surface area contributed by atoms with Crippen molar-refractivity contribution in [2.45, 2.75) is 58.9 Å². The van der Waals surface area contributed by atoms with E-state index < -0.39 is 0 Å². The van der Waals surface area contributed by atoms with E-state index in [1.165, 1.54) is 0 Å². The SMILES string of the molecule is CCCOCC(CC(=O)NCCC(=O)N1CC2C=CC=CC2/C=C\C2C=CCC[C@@H]21)C(C)C. The third-order valence-electron chi connectivity index (χ3n) is 7.14. The maximum absolute atomic E-state index is 13.3. The van der Waals surface area contributed by atoms with Gasteiger partial charge in [0.2, 0.25) is 11.8 Å². The molecular weight excluding hydrogens is 412 g/mol. The number of allylic oxidation sites excluding steroid dienone is 5. The Balaban J connectivity index is 1.55. The van der Waals surface area contributed by atoms with E-state index in [1.54, 1.807) is 0 Å². The first kappa shape index (κ1) is 25.5. The van der Waals surface area contributed by atoms with Gasteiger partial charge in [-0.1, -0.05) is 69.4 Å². The second kappa shape index (κ2) is 12.9. The lowest BCUT2D eigenvalue weighted by molar-refractivity contribution is -0.135. The fourth-order valence-electron chi connectivity index (χ4n) is 4.99. The van der Waals surface area contributed by atoms with Crippen molar-refractivity contribution in [2.75, 3.05) is 26.3 Å². The van der Waals surface area contributed by atoms with E-state index in [0.717, 1.165) is 32.4 Å². The van der Waals surface area contributed by atoms with Crippen LogP contribution in [-0.2, 0) is 14.3 Å². The number of ether oxygens (including phenoxy) is 1. The van der Waals surface area contributed by atoms with Crippen LogP contribution < -0.4 is 5.32 Å². The van der Waals surface area contributed by atoms with Gasteiger partial charge in [0.05, 0.1) is 6.61 Å². The van der Waals surface area contributed by atoms with Gasteiger partial charge >= 0.3 is 0 Å². The molecule has 2 amide bonds. The average Bonchev–Trinajstić information content (AvgIpc) is 2.80. The van der Waals surface area contributed by atoms with E-state index in [0.29, 0.717) is 43.7 Å². The first-order chi connectivity index (χ1) is 16.0. The summed E-state index contributed by atoms with van der Waals surface area (Å²) in [5.41, 5.74) is 0. The summed E-state index contributed by atoms with van der Waals surface area (Å²) in [6.45, 7) is 8.82. The third kappa shape index (κ3) is 7.43. The lowest BCUT2D eigenvalue weighted by atomic mass is 9.80. The number of carbonyl (C=O) groups is 2. The molecule has 2 aliphatic carbocycles. The molecule has 5 atom stereocenters. The molecule has 5 heteroatoms. The number of amides is 2. The van der Waals surface area contributed by atoms with Crippen LogP contribution in [0.1, 0.15) is 52.9 Å². The highest BCUT2D eigenvalue weighted by Gasteiger charge is 2.34. The summed E-state index contributed by atoms with van der Waals surface area (Å²) in [5.74, 6) is 1.65. The Morgan fingerprint density at radius 2 is 1.88 bits per heavy atom. The molecule has 4 unspecified atom stereocenters. The monoisotopic (exact) mass is 454 g/mol. The molecule has 0 spiro atoms. The van der Waals surface area contributed by atoms with Crippen LogP contribution in [0, 0.1) is 29.6 Å². The van der Waals surface area contributed by atoms with Crippen molar-refractivity contribution in [1.82, 2.24) is 10.2 Å². The summed E-state index contributed by atoms with van der Waals surface area (Å²) >= 11 is 0. The molecule has 0 aromatic carbocycles. The Hall–Kier alpha value is -2.14. The standard InChI is InChI=1S/C28H42N2O3/c1-4-17-33-20-25(21(2)3)18-27(31)29-16-15-28(32)30-19-24-11-6-5-9-22(24)13-14-23-10-7-8-12-26(23)30/h5-7,9-11,13-14,21-26H,4,8,12,15-20H2,1-3H3,(H,29,31)/b14-13-/t22?,23?,24?,25?,26-/m0/s1. The molecule has 3 aliphatic rings. The van der Waals surface area contributed by atoms with Gasteiger partial charge in [-0.25, -0.2) is 0 Å². The molecule has 0 aromatic heterocycles. The summed E-state index contributed by atoms with van der Waals surface area (Å²) in [6, 6.07) is 0.204. The van der Waals surface area contributed by atoms with Crippen LogP contribution in [0.2, 0.25) is 0 Å². The number of rotatable bonds is 10. The molecule has 0 bridgehead atoms.